The first-order chi connectivity index (χ1) is 8.54. The maximum Gasteiger partial charge on any atom is 0.573 e. The zero-order chi connectivity index (χ0) is 14.8. The molecule has 0 aliphatic rings. The molecule has 0 bridgehead atoms. The van der Waals surface area contributed by atoms with Crippen LogP contribution in [0.5, 0.6) is 5.75 Å². The SMILES string of the molecule is COC(=O)c1cc(C(F)(F)F)ccc1OC(F)(F)F. The van der Waals surface area contributed by atoms with Crippen LogP contribution in [0.4, 0.5) is 26.3 Å². The Morgan fingerprint density at radius 2 is 1.68 bits per heavy atom. The van der Waals surface area contributed by atoms with E-state index < -0.39 is 35.4 Å². The van der Waals surface area contributed by atoms with Gasteiger partial charge in [0, 0.05) is 0 Å². The Morgan fingerprint density at radius 3 is 2.11 bits per heavy atom. The monoisotopic (exact) mass is 288 g/mol. The van der Waals surface area contributed by atoms with E-state index in [0.29, 0.717) is 12.1 Å². The maximum absolute atomic E-state index is 12.4. The van der Waals surface area contributed by atoms with Crippen LogP contribution < -0.4 is 4.74 Å². The van der Waals surface area contributed by atoms with Gasteiger partial charge in [0.2, 0.25) is 0 Å². The zero-order valence-corrected chi connectivity index (χ0v) is 9.22. The Bertz CT molecular complexity index is 477. The number of alkyl halides is 6. The summed E-state index contributed by atoms with van der Waals surface area (Å²) in [7, 11) is 0.819. The second-order valence-electron chi connectivity index (χ2n) is 3.25. The van der Waals surface area contributed by atoms with Gasteiger partial charge in [0.15, 0.2) is 0 Å². The fourth-order valence-corrected chi connectivity index (χ4v) is 1.19. The van der Waals surface area contributed by atoms with E-state index in [1.165, 1.54) is 0 Å². The van der Waals surface area contributed by atoms with E-state index in [4.69, 9.17) is 0 Å². The van der Waals surface area contributed by atoms with Gasteiger partial charge in [-0.2, -0.15) is 13.2 Å². The van der Waals surface area contributed by atoms with E-state index in [9.17, 15) is 31.1 Å². The van der Waals surface area contributed by atoms with E-state index in [-0.39, 0.29) is 6.07 Å². The Kier molecular flexibility index (Phi) is 3.97. The molecule has 0 aromatic heterocycles. The zero-order valence-electron chi connectivity index (χ0n) is 9.22. The second-order valence-corrected chi connectivity index (χ2v) is 3.25. The van der Waals surface area contributed by atoms with Gasteiger partial charge in [-0.15, -0.1) is 13.2 Å². The molecule has 1 aromatic rings. The average Bonchev–Trinajstić information content (AvgIpc) is 2.25. The predicted octanol–water partition coefficient (Wildman–Crippen LogP) is 3.39. The molecule has 0 atom stereocenters. The highest BCUT2D eigenvalue weighted by Gasteiger charge is 2.36. The van der Waals surface area contributed by atoms with Crippen molar-refractivity contribution in [1.82, 2.24) is 0 Å². The summed E-state index contributed by atoms with van der Waals surface area (Å²) in [6, 6.07) is 1.00. The Labute approximate surface area is 102 Å². The average molecular weight is 288 g/mol. The fourth-order valence-electron chi connectivity index (χ4n) is 1.19. The van der Waals surface area contributed by atoms with Gasteiger partial charge in [-0.05, 0) is 18.2 Å². The van der Waals surface area contributed by atoms with Crippen molar-refractivity contribution >= 4 is 5.97 Å². The highest BCUT2D eigenvalue weighted by atomic mass is 19.4. The van der Waals surface area contributed by atoms with Crippen molar-refractivity contribution in [2.45, 2.75) is 12.5 Å². The van der Waals surface area contributed by atoms with Crippen LogP contribution in [0.2, 0.25) is 0 Å². The quantitative estimate of drug-likeness (QED) is 0.618. The van der Waals surface area contributed by atoms with Crippen molar-refractivity contribution in [3.8, 4) is 5.75 Å². The number of methoxy groups -OCH3 is 1. The van der Waals surface area contributed by atoms with Gasteiger partial charge < -0.3 is 9.47 Å². The molecule has 9 heteroatoms. The summed E-state index contributed by atoms with van der Waals surface area (Å²) in [4.78, 5) is 11.2. The van der Waals surface area contributed by atoms with Gasteiger partial charge in [0.25, 0.3) is 0 Å². The Balaban J connectivity index is 3.29. The van der Waals surface area contributed by atoms with Crippen molar-refractivity contribution in [2.24, 2.45) is 0 Å². The molecule has 0 saturated carbocycles. The van der Waals surface area contributed by atoms with Gasteiger partial charge in [-0.1, -0.05) is 0 Å². The van der Waals surface area contributed by atoms with Crippen LogP contribution in [0.15, 0.2) is 18.2 Å². The number of esters is 1. The topological polar surface area (TPSA) is 35.5 Å². The molecule has 0 aliphatic carbocycles. The predicted molar refractivity (Wildman–Crippen MR) is 49.5 cm³/mol. The Hall–Kier alpha value is -1.93. The van der Waals surface area contributed by atoms with E-state index in [1.54, 1.807) is 0 Å². The standard InChI is InChI=1S/C10H6F6O3/c1-18-8(17)6-4-5(9(11,12)13)2-3-7(6)19-10(14,15)16/h2-4H,1H3. The summed E-state index contributed by atoms with van der Waals surface area (Å²) in [5.74, 6) is -2.43. The summed E-state index contributed by atoms with van der Waals surface area (Å²) in [5.41, 5.74) is -2.25. The number of halogens is 6. The second kappa shape index (κ2) is 4.98. The lowest BCUT2D eigenvalue weighted by atomic mass is 10.1. The van der Waals surface area contributed by atoms with Crippen molar-refractivity contribution < 1.29 is 40.6 Å². The van der Waals surface area contributed by atoms with Crippen LogP contribution in [0.3, 0.4) is 0 Å². The summed E-state index contributed by atoms with van der Waals surface area (Å²) in [5, 5.41) is 0. The van der Waals surface area contributed by atoms with Crippen LogP contribution >= 0.6 is 0 Å². The molecule has 106 valence electrons. The van der Waals surface area contributed by atoms with Crippen molar-refractivity contribution in [2.75, 3.05) is 7.11 Å². The molecular formula is C10H6F6O3. The molecule has 0 heterocycles. The van der Waals surface area contributed by atoms with E-state index in [0.717, 1.165) is 7.11 Å². The highest BCUT2D eigenvalue weighted by molar-refractivity contribution is 5.92. The molecule has 0 radical (unpaired) electrons. The van der Waals surface area contributed by atoms with E-state index >= 15 is 0 Å². The fraction of sp³-hybridized carbons (Fsp3) is 0.300. The molecule has 0 saturated heterocycles. The minimum absolute atomic E-state index is 0.229. The summed E-state index contributed by atoms with van der Waals surface area (Å²) < 4.78 is 80.8. The molecule has 0 spiro atoms. The van der Waals surface area contributed by atoms with Crippen LogP contribution in [-0.4, -0.2) is 19.4 Å². The van der Waals surface area contributed by atoms with E-state index in [1.807, 2.05) is 0 Å². The third-order valence-corrected chi connectivity index (χ3v) is 1.94. The number of carbonyl (C=O) groups is 1. The van der Waals surface area contributed by atoms with Crippen molar-refractivity contribution in [1.29, 1.82) is 0 Å². The van der Waals surface area contributed by atoms with Gasteiger partial charge >= 0.3 is 18.5 Å². The normalized spacial score (nSPS) is 12.2. The number of hydrogen-bond acceptors (Lipinski definition) is 3. The molecule has 19 heavy (non-hydrogen) atoms. The summed E-state index contributed by atoms with van der Waals surface area (Å²) in [6.07, 6.45) is -9.94. The lowest BCUT2D eigenvalue weighted by Gasteiger charge is -2.14. The van der Waals surface area contributed by atoms with Gasteiger partial charge in [-0.3, -0.25) is 0 Å². The minimum Gasteiger partial charge on any atom is -0.465 e. The van der Waals surface area contributed by atoms with Crippen molar-refractivity contribution in [3.63, 3.8) is 0 Å². The largest absolute Gasteiger partial charge is 0.573 e. The molecule has 0 fully saturated rings. The first kappa shape index (κ1) is 15.1. The molecule has 0 N–H and O–H groups in total. The lowest BCUT2D eigenvalue weighted by molar-refractivity contribution is -0.274. The number of hydrogen-bond donors (Lipinski definition) is 0. The van der Waals surface area contributed by atoms with Gasteiger partial charge in [0.05, 0.1) is 12.7 Å². The summed E-state index contributed by atoms with van der Waals surface area (Å²) >= 11 is 0. The first-order valence-corrected chi connectivity index (χ1v) is 4.60. The van der Waals surface area contributed by atoms with E-state index in [2.05, 4.69) is 9.47 Å². The number of ether oxygens (including phenoxy) is 2. The molecule has 0 unspecified atom stereocenters. The molecule has 1 rings (SSSR count). The smallest absolute Gasteiger partial charge is 0.465 e. The summed E-state index contributed by atoms with van der Waals surface area (Å²) in [6.45, 7) is 0. The molecular weight excluding hydrogens is 282 g/mol. The molecule has 0 amide bonds. The Morgan fingerprint density at radius 1 is 1.11 bits per heavy atom. The van der Waals surface area contributed by atoms with Crippen LogP contribution in [0, 0.1) is 0 Å². The highest BCUT2D eigenvalue weighted by Crippen LogP contribution is 2.34. The van der Waals surface area contributed by atoms with Gasteiger partial charge in [0.1, 0.15) is 11.3 Å². The maximum atomic E-state index is 12.4. The minimum atomic E-state index is -5.14. The molecule has 0 aliphatic heterocycles. The molecule has 1 aromatic carbocycles. The number of rotatable bonds is 2. The third-order valence-electron chi connectivity index (χ3n) is 1.94. The van der Waals surface area contributed by atoms with Crippen molar-refractivity contribution in [3.05, 3.63) is 29.3 Å². The first-order valence-electron chi connectivity index (χ1n) is 4.60. The third kappa shape index (κ3) is 4.04. The van der Waals surface area contributed by atoms with Gasteiger partial charge in [-0.25, -0.2) is 4.79 Å². The lowest BCUT2D eigenvalue weighted by Crippen LogP contribution is -2.20. The number of benzene rings is 1. The van der Waals surface area contributed by atoms with Crippen LogP contribution in [0.25, 0.3) is 0 Å². The molecule has 3 nitrogen and oxygen atoms in total. The number of carbonyl (C=O) groups excluding carboxylic acids is 1. The van der Waals surface area contributed by atoms with Crippen LogP contribution in [-0.2, 0) is 10.9 Å². The van der Waals surface area contributed by atoms with Crippen LogP contribution in [0.1, 0.15) is 15.9 Å².